The molecule has 1 rings (SSSR count). The minimum Gasteiger partial charge on any atom is -0.381 e. The number of nitrogens with two attached hydrogens (primary N) is 1. The minimum atomic E-state index is 0.0557. The Kier molecular flexibility index (Phi) is 2.65. The number of hydrogen-bond acceptors (Lipinski definition) is 4. The van der Waals surface area contributed by atoms with E-state index >= 15 is 0 Å². The number of nitrogen functional groups attached to an aromatic ring is 1. The SMILES string of the molecule is CCC(=O)Cc1[nH]nc(N)c1C#N. The van der Waals surface area contributed by atoms with Gasteiger partial charge in [0.25, 0.3) is 0 Å². The van der Waals surface area contributed by atoms with Gasteiger partial charge < -0.3 is 5.73 Å². The molecule has 0 unspecified atom stereocenters. The van der Waals surface area contributed by atoms with Crippen LogP contribution in [0.5, 0.6) is 0 Å². The van der Waals surface area contributed by atoms with Crippen LogP contribution >= 0.6 is 0 Å². The first-order valence-electron chi connectivity index (χ1n) is 3.93. The Balaban J connectivity index is 2.90. The highest BCUT2D eigenvalue weighted by Gasteiger charge is 2.12. The fraction of sp³-hybridized carbons (Fsp3) is 0.375. The first-order chi connectivity index (χ1) is 6.19. The van der Waals surface area contributed by atoms with Crippen molar-refractivity contribution in [2.24, 2.45) is 0 Å². The molecule has 1 heterocycles. The molecule has 0 radical (unpaired) electrons. The van der Waals surface area contributed by atoms with Crippen molar-refractivity contribution in [1.82, 2.24) is 10.2 Å². The maximum atomic E-state index is 11.1. The lowest BCUT2D eigenvalue weighted by Crippen LogP contribution is -2.02. The monoisotopic (exact) mass is 178 g/mol. The van der Waals surface area contributed by atoms with Crippen LogP contribution in [0.4, 0.5) is 5.82 Å². The van der Waals surface area contributed by atoms with E-state index in [1.165, 1.54) is 0 Å². The molecule has 0 amide bonds. The maximum Gasteiger partial charge on any atom is 0.163 e. The van der Waals surface area contributed by atoms with Crippen LogP contribution in [0.2, 0.25) is 0 Å². The Morgan fingerprint density at radius 3 is 3.00 bits per heavy atom. The number of anilines is 1. The van der Waals surface area contributed by atoms with Gasteiger partial charge in [0.2, 0.25) is 0 Å². The molecular weight excluding hydrogens is 168 g/mol. The first kappa shape index (κ1) is 9.26. The van der Waals surface area contributed by atoms with Crippen molar-refractivity contribution in [3.8, 4) is 6.07 Å². The summed E-state index contributed by atoms with van der Waals surface area (Å²) in [5, 5.41) is 14.9. The van der Waals surface area contributed by atoms with Crippen LogP contribution in [0.15, 0.2) is 0 Å². The van der Waals surface area contributed by atoms with Gasteiger partial charge in [0.15, 0.2) is 5.82 Å². The standard InChI is InChI=1S/C8H10N4O/c1-2-5(13)3-7-6(4-9)8(10)12-11-7/h2-3H2,1H3,(H3,10,11,12). The first-order valence-corrected chi connectivity index (χ1v) is 3.93. The van der Waals surface area contributed by atoms with Crippen LogP contribution in [0.25, 0.3) is 0 Å². The number of nitriles is 1. The number of hydrogen-bond donors (Lipinski definition) is 2. The van der Waals surface area contributed by atoms with Gasteiger partial charge >= 0.3 is 0 Å². The topological polar surface area (TPSA) is 95.6 Å². The zero-order chi connectivity index (χ0) is 9.84. The summed E-state index contributed by atoms with van der Waals surface area (Å²) in [7, 11) is 0. The van der Waals surface area contributed by atoms with Crippen LogP contribution in [-0.2, 0) is 11.2 Å². The fourth-order valence-corrected chi connectivity index (χ4v) is 0.969. The third-order valence-corrected chi connectivity index (χ3v) is 1.75. The highest BCUT2D eigenvalue weighted by atomic mass is 16.1. The highest BCUT2D eigenvalue weighted by Crippen LogP contribution is 2.12. The molecule has 1 aromatic rings. The number of nitrogens with one attached hydrogen (secondary N) is 1. The quantitative estimate of drug-likeness (QED) is 0.699. The van der Waals surface area contributed by atoms with Gasteiger partial charge in [-0.2, -0.15) is 10.4 Å². The molecule has 0 spiro atoms. The third-order valence-electron chi connectivity index (χ3n) is 1.75. The second kappa shape index (κ2) is 3.72. The summed E-state index contributed by atoms with van der Waals surface area (Å²) >= 11 is 0. The molecule has 0 saturated carbocycles. The lowest BCUT2D eigenvalue weighted by atomic mass is 10.1. The Morgan fingerprint density at radius 2 is 2.46 bits per heavy atom. The molecule has 3 N–H and O–H groups in total. The predicted molar refractivity (Wildman–Crippen MR) is 46.7 cm³/mol. The molecule has 0 aromatic carbocycles. The lowest BCUT2D eigenvalue weighted by Gasteiger charge is -1.93. The average molecular weight is 178 g/mol. The molecule has 68 valence electrons. The van der Waals surface area contributed by atoms with E-state index in [0.717, 1.165) is 0 Å². The van der Waals surface area contributed by atoms with Crippen molar-refractivity contribution in [2.75, 3.05) is 5.73 Å². The van der Waals surface area contributed by atoms with Crippen molar-refractivity contribution in [3.63, 3.8) is 0 Å². The van der Waals surface area contributed by atoms with Gasteiger partial charge in [-0.3, -0.25) is 9.89 Å². The molecule has 0 atom stereocenters. The number of rotatable bonds is 3. The Hall–Kier alpha value is -1.83. The normalized spacial score (nSPS) is 9.54. The minimum absolute atomic E-state index is 0.0557. The van der Waals surface area contributed by atoms with E-state index in [4.69, 9.17) is 11.0 Å². The summed E-state index contributed by atoms with van der Waals surface area (Å²) in [6.45, 7) is 1.77. The molecule has 13 heavy (non-hydrogen) atoms. The second-order valence-corrected chi connectivity index (χ2v) is 2.64. The predicted octanol–water partition coefficient (Wildman–Crippen LogP) is 0.385. The summed E-state index contributed by atoms with van der Waals surface area (Å²) in [4.78, 5) is 11.1. The smallest absolute Gasteiger partial charge is 0.163 e. The van der Waals surface area contributed by atoms with Crippen LogP contribution in [0, 0.1) is 11.3 Å². The largest absolute Gasteiger partial charge is 0.381 e. The molecule has 1 aromatic heterocycles. The van der Waals surface area contributed by atoms with E-state index in [2.05, 4.69) is 10.2 Å². The summed E-state index contributed by atoms with van der Waals surface area (Å²) in [5.41, 5.74) is 6.18. The second-order valence-electron chi connectivity index (χ2n) is 2.64. The number of H-pyrrole nitrogens is 1. The van der Waals surface area contributed by atoms with Gasteiger partial charge in [-0.25, -0.2) is 0 Å². The number of nitrogens with zero attached hydrogens (tertiary/aromatic N) is 2. The lowest BCUT2D eigenvalue weighted by molar-refractivity contribution is -0.118. The van der Waals surface area contributed by atoms with Crippen LogP contribution in [0.3, 0.4) is 0 Å². The van der Waals surface area contributed by atoms with Gasteiger partial charge in [0.1, 0.15) is 17.4 Å². The average Bonchev–Trinajstić information content (AvgIpc) is 2.46. The van der Waals surface area contributed by atoms with Gasteiger partial charge in [0.05, 0.1) is 5.69 Å². The van der Waals surface area contributed by atoms with Gasteiger partial charge in [0, 0.05) is 12.8 Å². The number of carbonyl (C=O) groups excluding carboxylic acids is 1. The molecule has 5 heteroatoms. The number of aromatic nitrogens is 2. The summed E-state index contributed by atoms with van der Waals surface area (Å²) in [6.07, 6.45) is 0.646. The van der Waals surface area contributed by atoms with E-state index in [1.54, 1.807) is 6.92 Å². The van der Waals surface area contributed by atoms with Gasteiger partial charge in [-0.05, 0) is 0 Å². The number of ketones is 1. The van der Waals surface area contributed by atoms with E-state index < -0.39 is 0 Å². The van der Waals surface area contributed by atoms with Crippen molar-refractivity contribution in [2.45, 2.75) is 19.8 Å². The number of carbonyl (C=O) groups is 1. The van der Waals surface area contributed by atoms with E-state index in [1.807, 2.05) is 6.07 Å². The molecule has 0 bridgehead atoms. The maximum absolute atomic E-state index is 11.1. The molecular formula is C8H10N4O. The molecule has 5 nitrogen and oxygen atoms in total. The van der Waals surface area contributed by atoms with E-state index in [0.29, 0.717) is 12.1 Å². The van der Waals surface area contributed by atoms with Crippen LogP contribution in [0.1, 0.15) is 24.6 Å². The zero-order valence-electron chi connectivity index (χ0n) is 7.29. The van der Waals surface area contributed by atoms with Gasteiger partial charge in [-0.15, -0.1) is 0 Å². The molecule has 0 saturated heterocycles. The van der Waals surface area contributed by atoms with E-state index in [-0.39, 0.29) is 23.6 Å². The van der Waals surface area contributed by atoms with Crippen LogP contribution in [-0.4, -0.2) is 16.0 Å². The zero-order valence-corrected chi connectivity index (χ0v) is 7.29. The summed E-state index contributed by atoms with van der Waals surface area (Å²) in [6, 6.07) is 1.90. The third kappa shape index (κ3) is 1.85. The number of aromatic amines is 1. The van der Waals surface area contributed by atoms with E-state index in [9.17, 15) is 4.79 Å². The Labute approximate surface area is 75.5 Å². The number of Topliss-reactive ketones (excluding diaryl/α,β-unsaturated/α-hetero) is 1. The van der Waals surface area contributed by atoms with Crippen molar-refractivity contribution < 1.29 is 4.79 Å². The Morgan fingerprint density at radius 1 is 1.77 bits per heavy atom. The van der Waals surface area contributed by atoms with Crippen molar-refractivity contribution >= 4 is 11.6 Å². The Bertz CT molecular complexity index is 361. The highest BCUT2D eigenvalue weighted by molar-refractivity contribution is 5.81. The van der Waals surface area contributed by atoms with Crippen molar-refractivity contribution in [3.05, 3.63) is 11.3 Å². The summed E-state index contributed by atoms with van der Waals surface area (Å²) in [5.74, 6) is 0.210. The molecule has 0 aliphatic heterocycles. The molecule has 0 fully saturated rings. The molecule has 0 aliphatic rings. The summed E-state index contributed by atoms with van der Waals surface area (Å²) < 4.78 is 0. The van der Waals surface area contributed by atoms with Gasteiger partial charge in [-0.1, -0.05) is 6.92 Å². The van der Waals surface area contributed by atoms with Crippen LogP contribution < -0.4 is 5.73 Å². The van der Waals surface area contributed by atoms with Crippen molar-refractivity contribution in [1.29, 1.82) is 5.26 Å². The molecule has 0 aliphatic carbocycles. The fourth-order valence-electron chi connectivity index (χ4n) is 0.969.